The van der Waals surface area contributed by atoms with Gasteiger partial charge in [-0.25, -0.2) is 0 Å². The summed E-state index contributed by atoms with van der Waals surface area (Å²) in [6, 6.07) is 10.4. The quantitative estimate of drug-likeness (QED) is 0.782. The zero-order chi connectivity index (χ0) is 11.5. The first-order chi connectivity index (χ1) is 7.66. The minimum atomic E-state index is 0.208. The molecule has 16 heavy (non-hydrogen) atoms. The summed E-state index contributed by atoms with van der Waals surface area (Å²) in [7, 11) is 0. The van der Waals surface area contributed by atoms with Gasteiger partial charge in [0.25, 0.3) is 0 Å². The van der Waals surface area contributed by atoms with Crippen LogP contribution in [0.1, 0.15) is 17.4 Å². The Balaban J connectivity index is 2.26. The number of carbonyl (C=O) groups excluding carboxylic acids is 1. The lowest BCUT2D eigenvalue weighted by atomic mass is 10.0. The van der Waals surface area contributed by atoms with Gasteiger partial charge in [0.05, 0.1) is 0 Å². The van der Waals surface area contributed by atoms with Crippen molar-refractivity contribution in [3.8, 4) is 11.1 Å². The molecule has 0 aliphatic carbocycles. The van der Waals surface area contributed by atoms with Gasteiger partial charge in [-0.2, -0.15) is 0 Å². The van der Waals surface area contributed by atoms with Crippen molar-refractivity contribution < 1.29 is 4.79 Å². The second kappa shape index (κ2) is 4.62. The van der Waals surface area contributed by atoms with Gasteiger partial charge in [0, 0.05) is 11.3 Å². The summed E-state index contributed by atoms with van der Waals surface area (Å²) in [5.41, 5.74) is 3.61. The van der Waals surface area contributed by atoms with Crippen molar-refractivity contribution in [2.75, 3.05) is 0 Å². The van der Waals surface area contributed by atoms with Crippen LogP contribution in [-0.2, 0) is 11.2 Å². The van der Waals surface area contributed by atoms with Gasteiger partial charge in [-0.15, -0.1) is 11.3 Å². The van der Waals surface area contributed by atoms with Crippen LogP contribution < -0.4 is 0 Å². The minimum absolute atomic E-state index is 0.208. The SMILES string of the molecule is CC(=O)Cc1ccc(-c2ccsc2C)cc1. The van der Waals surface area contributed by atoms with E-state index in [-0.39, 0.29) is 5.78 Å². The smallest absolute Gasteiger partial charge is 0.134 e. The number of hydrogen-bond donors (Lipinski definition) is 0. The topological polar surface area (TPSA) is 17.1 Å². The molecule has 0 aliphatic rings. The molecular weight excluding hydrogens is 216 g/mol. The highest BCUT2D eigenvalue weighted by atomic mass is 32.1. The summed E-state index contributed by atoms with van der Waals surface area (Å²) in [5.74, 6) is 0.208. The average molecular weight is 230 g/mol. The summed E-state index contributed by atoms with van der Waals surface area (Å²) < 4.78 is 0. The van der Waals surface area contributed by atoms with E-state index in [2.05, 4.69) is 30.5 Å². The van der Waals surface area contributed by atoms with Gasteiger partial charge >= 0.3 is 0 Å². The zero-order valence-electron chi connectivity index (χ0n) is 9.49. The van der Waals surface area contributed by atoms with Crippen LogP contribution in [0.15, 0.2) is 35.7 Å². The summed E-state index contributed by atoms with van der Waals surface area (Å²) in [6.07, 6.45) is 0.531. The van der Waals surface area contributed by atoms with E-state index in [1.807, 2.05) is 12.1 Å². The third kappa shape index (κ3) is 2.39. The Morgan fingerprint density at radius 3 is 2.38 bits per heavy atom. The molecule has 0 atom stereocenters. The normalized spacial score (nSPS) is 10.4. The summed E-state index contributed by atoms with van der Waals surface area (Å²) in [5, 5.41) is 2.11. The van der Waals surface area contributed by atoms with Crippen LogP contribution in [0.3, 0.4) is 0 Å². The lowest BCUT2D eigenvalue weighted by Crippen LogP contribution is -1.95. The number of rotatable bonds is 3. The molecule has 82 valence electrons. The van der Waals surface area contributed by atoms with E-state index >= 15 is 0 Å². The van der Waals surface area contributed by atoms with E-state index < -0.39 is 0 Å². The first-order valence-corrected chi connectivity index (χ1v) is 6.17. The van der Waals surface area contributed by atoms with E-state index in [9.17, 15) is 4.79 Å². The molecule has 1 aromatic carbocycles. The van der Waals surface area contributed by atoms with Gasteiger partial charge in [-0.1, -0.05) is 24.3 Å². The third-order valence-electron chi connectivity index (χ3n) is 2.58. The highest BCUT2D eigenvalue weighted by Gasteiger charge is 2.03. The maximum absolute atomic E-state index is 11.0. The van der Waals surface area contributed by atoms with Crippen LogP contribution in [0.5, 0.6) is 0 Å². The molecule has 1 heterocycles. The van der Waals surface area contributed by atoms with Crippen molar-refractivity contribution in [1.29, 1.82) is 0 Å². The third-order valence-corrected chi connectivity index (χ3v) is 3.42. The van der Waals surface area contributed by atoms with Crippen LogP contribution in [0, 0.1) is 6.92 Å². The first kappa shape index (κ1) is 11.1. The zero-order valence-corrected chi connectivity index (χ0v) is 10.3. The minimum Gasteiger partial charge on any atom is -0.300 e. The second-order valence-electron chi connectivity index (χ2n) is 3.97. The number of carbonyl (C=O) groups is 1. The highest BCUT2D eigenvalue weighted by Crippen LogP contribution is 2.27. The van der Waals surface area contributed by atoms with E-state index in [0.29, 0.717) is 6.42 Å². The van der Waals surface area contributed by atoms with Gasteiger partial charge in [-0.3, -0.25) is 4.79 Å². The van der Waals surface area contributed by atoms with E-state index in [4.69, 9.17) is 0 Å². The largest absolute Gasteiger partial charge is 0.300 e. The van der Waals surface area contributed by atoms with Gasteiger partial charge in [0.15, 0.2) is 0 Å². The second-order valence-corrected chi connectivity index (χ2v) is 5.09. The number of thiophene rings is 1. The van der Waals surface area contributed by atoms with Crippen molar-refractivity contribution in [3.63, 3.8) is 0 Å². The Labute approximate surface area is 99.8 Å². The van der Waals surface area contributed by atoms with E-state index in [1.54, 1.807) is 18.3 Å². The number of hydrogen-bond acceptors (Lipinski definition) is 2. The Morgan fingerprint density at radius 1 is 1.19 bits per heavy atom. The maximum Gasteiger partial charge on any atom is 0.134 e. The van der Waals surface area contributed by atoms with Gasteiger partial charge in [0.2, 0.25) is 0 Å². The van der Waals surface area contributed by atoms with E-state index in [1.165, 1.54) is 16.0 Å². The van der Waals surface area contributed by atoms with Crippen molar-refractivity contribution in [2.24, 2.45) is 0 Å². The lowest BCUT2D eigenvalue weighted by Gasteiger charge is -2.02. The Bertz CT molecular complexity index is 494. The number of benzene rings is 1. The molecule has 0 unspecified atom stereocenters. The standard InChI is InChI=1S/C14H14OS/c1-10(15)9-12-3-5-13(6-4-12)14-7-8-16-11(14)2/h3-8H,9H2,1-2H3. The molecule has 0 saturated heterocycles. The Morgan fingerprint density at radius 2 is 1.88 bits per heavy atom. The lowest BCUT2D eigenvalue weighted by molar-refractivity contribution is -0.116. The van der Waals surface area contributed by atoms with E-state index in [0.717, 1.165) is 5.56 Å². The maximum atomic E-state index is 11.0. The van der Waals surface area contributed by atoms with Crippen molar-refractivity contribution >= 4 is 17.1 Å². The molecule has 0 bridgehead atoms. The molecule has 0 radical (unpaired) electrons. The predicted molar refractivity (Wildman–Crippen MR) is 68.9 cm³/mol. The molecule has 0 saturated carbocycles. The summed E-state index contributed by atoms with van der Waals surface area (Å²) in [4.78, 5) is 12.3. The fraction of sp³-hybridized carbons (Fsp3) is 0.214. The molecule has 2 aromatic rings. The average Bonchev–Trinajstić information content (AvgIpc) is 2.65. The molecular formula is C14H14OS. The first-order valence-electron chi connectivity index (χ1n) is 5.29. The van der Waals surface area contributed by atoms with Gasteiger partial charge in [-0.05, 0) is 42.0 Å². The fourth-order valence-electron chi connectivity index (χ4n) is 1.77. The molecule has 1 aromatic heterocycles. The van der Waals surface area contributed by atoms with Gasteiger partial charge in [0.1, 0.15) is 5.78 Å². The van der Waals surface area contributed by atoms with Crippen LogP contribution in [0.4, 0.5) is 0 Å². The van der Waals surface area contributed by atoms with Crippen molar-refractivity contribution in [3.05, 3.63) is 46.2 Å². The monoisotopic (exact) mass is 230 g/mol. The molecule has 0 aliphatic heterocycles. The van der Waals surface area contributed by atoms with Crippen molar-refractivity contribution in [1.82, 2.24) is 0 Å². The Hall–Kier alpha value is -1.41. The molecule has 1 nitrogen and oxygen atoms in total. The number of aryl methyl sites for hydroxylation is 1. The van der Waals surface area contributed by atoms with Crippen LogP contribution in [-0.4, -0.2) is 5.78 Å². The number of Topliss-reactive ketones (excluding diaryl/α,β-unsaturated/α-hetero) is 1. The molecule has 0 spiro atoms. The molecule has 2 rings (SSSR count). The highest BCUT2D eigenvalue weighted by molar-refractivity contribution is 7.10. The number of ketones is 1. The van der Waals surface area contributed by atoms with Gasteiger partial charge < -0.3 is 0 Å². The molecule has 0 amide bonds. The molecule has 2 heteroatoms. The summed E-state index contributed by atoms with van der Waals surface area (Å²) in [6.45, 7) is 3.75. The summed E-state index contributed by atoms with van der Waals surface area (Å²) >= 11 is 1.76. The predicted octanol–water partition coefficient (Wildman–Crippen LogP) is 3.86. The van der Waals surface area contributed by atoms with Crippen LogP contribution in [0.25, 0.3) is 11.1 Å². The van der Waals surface area contributed by atoms with Crippen LogP contribution in [0.2, 0.25) is 0 Å². The Kier molecular flexibility index (Phi) is 3.20. The molecule has 0 N–H and O–H groups in total. The fourth-order valence-corrected chi connectivity index (χ4v) is 2.50. The molecule has 0 fully saturated rings. The van der Waals surface area contributed by atoms with Crippen molar-refractivity contribution in [2.45, 2.75) is 20.3 Å². The van der Waals surface area contributed by atoms with Crippen LogP contribution >= 0.6 is 11.3 Å².